The number of fused-ring (bicyclic) bond motifs is 4. The molecule has 134 valence electrons. The van der Waals surface area contributed by atoms with E-state index in [-0.39, 0.29) is 0 Å². The molecule has 0 saturated carbocycles. The van der Waals surface area contributed by atoms with Crippen LogP contribution in [0.5, 0.6) is 0 Å². The Balaban J connectivity index is 1.68. The summed E-state index contributed by atoms with van der Waals surface area (Å²) in [6.45, 7) is 0. The Hall–Kier alpha value is -2.84. The molecular weight excluding hydrogens is 406 g/mol. The summed E-state index contributed by atoms with van der Waals surface area (Å²) in [5, 5.41) is 2.58. The van der Waals surface area contributed by atoms with Crippen molar-refractivity contribution >= 4 is 37.7 Å². The van der Waals surface area contributed by atoms with E-state index in [1.807, 2.05) is 0 Å². The molecule has 5 aromatic rings. The molecule has 1 heterocycles. The lowest BCUT2D eigenvalue weighted by atomic mass is 9.82. The largest absolute Gasteiger partial charge is 0.309 e. The van der Waals surface area contributed by atoms with E-state index in [1.165, 1.54) is 62.6 Å². The van der Waals surface area contributed by atoms with Crippen molar-refractivity contribution in [3.8, 4) is 16.8 Å². The second kappa shape index (κ2) is 6.08. The Labute approximate surface area is 172 Å². The molecule has 28 heavy (non-hydrogen) atoms. The monoisotopic (exact) mass is 423 g/mol. The van der Waals surface area contributed by atoms with Gasteiger partial charge in [-0.3, -0.25) is 0 Å². The molecule has 0 bridgehead atoms. The molecule has 6 rings (SSSR count). The van der Waals surface area contributed by atoms with Crippen molar-refractivity contribution in [3.05, 3.63) is 101 Å². The van der Waals surface area contributed by atoms with Crippen LogP contribution in [0.1, 0.15) is 11.1 Å². The van der Waals surface area contributed by atoms with Crippen molar-refractivity contribution < 1.29 is 0 Å². The first-order valence-electron chi connectivity index (χ1n) is 9.70. The first-order valence-corrected chi connectivity index (χ1v) is 10.5. The van der Waals surface area contributed by atoms with Gasteiger partial charge in [-0.2, -0.15) is 0 Å². The topological polar surface area (TPSA) is 4.93 Å². The fourth-order valence-corrected chi connectivity index (χ4v) is 4.90. The Kier molecular flexibility index (Phi) is 3.51. The van der Waals surface area contributed by atoms with Crippen LogP contribution in [-0.4, -0.2) is 4.57 Å². The SMILES string of the molecule is Brc1ccc2c(c1)c1cc(-c3cccc4c3CC4)ccc1n2-c1ccccc1. The van der Waals surface area contributed by atoms with E-state index >= 15 is 0 Å². The fraction of sp³-hybridized carbons (Fsp3) is 0.0769. The molecule has 0 atom stereocenters. The third-order valence-electron chi connectivity index (χ3n) is 5.97. The molecule has 2 heteroatoms. The van der Waals surface area contributed by atoms with Crippen LogP contribution in [0, 0.1) is 0 Å². The van der Waals surface area contributed by atoms with Gasteiger partial charge in [0.2, 0.25) is 0 Å². The predicted octanol–water partition coefficient (Wildman–Crippen LogP) is 7.31. The number of hydrogen-bond donors (Lipinski definition) is 0. The molecule has 0 amide bonds. The highest BCUT2D eigenvalue weighted by atomic mass is 79.9. The van der Waals surface area contributed by atoms with Gasteiger partial charge in [0.05, 0.1) is 11.0 Å². The maximum absolute atomic E-state index is 3.67. The summed E-state index contributed by atoms with van der Waals surface area (Å²) in [4.78, 5) is 0. The van der Waals surface area contributed by atoms with Crippen LogP contribution >= 0.6 is 15.9 Å². The van der Waals surface area contributed by atoms with E-state index in [9.17, 15) is 0 Å². The van der Waals surface area contributed by atoms with Crippen LogP contribution in [0.4, 0.5) is 0 Å². The molecule has 1 aromatic heterocycles. The summed E-state index contributed by atoms with van der Waals surface area (Å²) in [6, 6.07) is 30.9. The lowest BCUT2D eigenvalue weighted by Crippen LogP contribution is -2.09. The second-order valence-electron chi connectivity index (χ2n) is 7.51. The number of halogens is 1. The Morgan fingerprint density at radius 1 is 0.679 bits per heavy atom. The van der Waals surface area contributed by atoms with Crippen LogP contribution < -0.4 is 0 Å². The van der Waals surface area contributed by atoms with Crippen molar-refractivity contribution in [2.45, 2.75) is 12.8 Å². The van der Waals surface area contributed by atoms with Crippen molar-refractivity contribution in [3.63, 3.8) is 0 Å². The van der Waals surface area contributed by atoms with Gasteiger partial charge in [0.25, 0.3) is 0 Å². The highest BCUT2D eigenvalue weighted by Crippen LogP contribution is 2.38. The van der Waals surface area contributed by atoms with E-state index in [2.05, 4.69) is 105 Å². The van der Waals surface area contributed by atoms with Gasteiger partial charge in [-0.1, -0.05) is 58.4 Å². The quantitative estimate of drug-likeness (QED) is 0.280. The fourth-order valence-electron chi connectivity index (χ4n) is 4.54. The molecule has 1 aliphatic rings. The van der Waals surface area contributed by atoms with Gasteiger partial charge in [-0.15, -0.1) is 0 Å². The van der Waals surface area contributed by atoms with E-state index in [0.717, 1.165) is 4.47 Å². The minimum Gasteiger partial charge on any atom is -0.309 e. The molecule has 0 N–H and O–H groups in total. The number of para-hydroxylation sites is 1. The number of nitrogens with zero attached hydrogens (tertiary/aromatic N) is 1. The van der Waals surface area contributed by atoms with Crippen LogP contribution in [0.25, 0.3) is 38.6 Å². The van der Waals surface area contributed by atoms with Gasteiger partial charge in [0, 0.05) is 20.9 Å². The molecule has 0 unspecified atom stereocenters. The third-order valence-corrected chi connectivity index (χ3v) is 6.46. The van der Waals surface area contributed by atoms with Crippen LogP contribution in [0.2, 0.25) is 0 Å². The lowest BCUT2D eigenvalue weighted by Gasteiger charge is -2.22. The first kappa shape index (κ1) is 16.1. The molecule has 0 fully saturated rings. The third kappa shape index (κ3) is 2.31. The van der Waals surface area contributed by atoms with Gasteiger partial charge in [-0.25, -0.2) is 0 Å². The Morgan fingerprint density at radius 2 is 1.46 bits per heavy atom. The Morgan fingerprint density at radius 3 is 2.25 bits per heavy atom. The first-order chi connectivity index (χ1) is 13.8. The average molecular weight is 424 g/mol. The van der Waals surface area contributed by atoms with Crippen LogP contribution in [0.3, 0.4) is 0 Å². The number of hydrogen-bond acceptors (Lipinski definition) is 0. The highest BCUT2D eigenvalue weighted by Gasteiger charge is 2.19. The molecular formula is C26H18BrN. The molecule has 1 aliphatic carbocycles. The van der Waals surface area contributed by atoms with E-state index in [4.69, 9.17) is 0 Å². The Bertz CT molecular complexity index is 1360. The molecule has 1 nitrogen and oxygen atoms in total. The van der Waals surface area contributed by atoms with E-state index in [1.54, 1.807) is 0 Å². The molecule has 4 aromatic carbocycles. The summed E-state index contributed by atoms with van der Waals surface area (Å²) in [7, 11) is 0. The zero-order chi connectivity index (χ0) is 18.7. The summed E-state index contributed by atoms with van der Waals surface area (Å²) >= 11 is 3.67. The van der Waals surface area contributed by atoms with E-state index < -0.39 is 0 Å². The van der Waals surface area contributed by atoms with Gasteiger partial charge < -0.3 is 4.57 Å². The summed E-state index contributed by atoms with van der Waals surface area (Å²) in [5.41, 5.74) is 9.42. The molecule has 0 spiro atoms. The zero-order valence-electron chi connectivity index (χ0n) is 15.3. The molecule has 0 aliphatic heterocycles. The summed E-state index contributed by atoms with van der Waals surface area (Å²) < 4.78 is 3.48. The maximum atomic E-state index is 3.67. The second-order valence-corrected chi connectivity index (χ2v) is 8.42. The number of aromatic nitrogens is 1. The molecule has 0 radical (unpaired) electrons. The average Bonchev–Trinajstić information content (AvgIpc) is 3.02. The maximum Gasteiger partial charge on any atom is 0.0541 e. The summed E-state index contributed by atoms with van der Waals surface area (Å²) in [6.07, 6.45) is 2.41. The van der Waals surface area contributed by atoms with Crippen molar-refractivity contribution in [2.75, 3.05) is 0 Å². The van der Waals surface area contributed by atoms with Gasteiger partial charge >= 0.3 is 0 Å². The van der Waals surface area contributed by atoms with Crippen molar-refractivity contribution in [2.24, 2.45) is 0 Å². The smallest absolute Gasteiger partial charge is 0.0541 e. The lowest BCUT2D eigenvalue weighted by molar-refractivity contribution is 0.842. The number of benzene rings is 4. The number of rotatable bonds is 2. The predicted molar refractivity (Wildman–Crippen MR) is 121 cm³/mol. The highest BCUT2D eigenvalue weighted by molar-refractivity contribution is 9.10. The summed E-state index contributed by atoms with van der Waals surface area (Å²) in [5.74, 6) is 0. The van der Waals surface area contributed by atoms with Crippen LogP contribution in [0.15, 0.2) is 89.4 Å². The van der Waals surface area contributed by atoms with Crippen molar-refractivity contribution in [1.29, 1.82) is 0 Å². The molecule has 0 saturated heterocycles. The zero-order valence-corrected chi connectivity index (χ0v) is 16.9. The van der Waals surface area contributed by atoms with Crippen LogP contribution in [-0.2, 0) is 12.8 Å². The van der Waals surface area contributed by atoms with Gasteiger partial charge in [0.15, 0.2) is 0 Å². The standard InChI is InChI=1S/C26H18BrN/c27-19-11-14-26-24(16-19)23-15-18(21-8-4-5-17-9-12-22(17)21)10-13-25(23)28(26)20-6-2-1-3-7-20/h1-8,10-11,13-16H,9,12H2. The van der Waals surface area contributed by atoms with E-state index in [0.29, 0.717) is 0 Å². The number of aryl methyl sites for hydroxylation is 1. The van der Waals surface area contributed by atoms with Crippen molar-refractivity contribution in [1.82, 2.24) is 4.57 Å². The minimum absolute atomic E-state index is 1.11. The van der Waals surface area contributed by atoms with Gasteiger partial charge in [0.1, 0.15) is 0 Å². The minimum atomic E-state index is 1.11. The normalized spacial score (nSPS) is 12.9. The van der Waals surface area contributed by atoms with Gasteiger partial charge in [-0.05, 0) is 77.6 Å².